The molecule has 0 spiro atoms. The third kappa shape index (κ3) is 2.78. The van der Waals surface area contributed by atoms with Gasteiger partial charge in [0.15, 0.2) is 0 Å². The van der Waals surface area contributed by atoms with Gasteiger partial charge in [-0.1, -0.05) is 6.07 Å². The van der Waals surface area contributed by atoms with Crippen LogP contribution < -0.4 is 5.32 Å². The van der Waals surface area contributed by atoms with Crippen LogP contribution >= 0.6 is 0 Å². The van der Waals surface area contributed by atoms with E-state index in [1.54, 1.807) is 6.20 Å². The summed E-state index contributed by atoms with van der Waals surface area (Å²) in [5.74, 6) is 0.454. The number of aromatic nitrogens is 1. The predicted molar refractivity (Wildman–Crippen MR) is 73.4 cm³/mol. The zero-order valence-corrected chi connectivity index (χ0v) is 11.4. The number of nitrogens with zero attached hydrogens (tertiary/aromatic N) is 2. The van der Waals surface area contributed by atoms with Gasteiger partial charge in [-0.2, -0.15) is 0 Å². The number of hydrogen-bond donors (Lipinski definition) is 1. The molecule has 1 aliphatic carbocycles. The van der Waals surface area contributed by atoms with Crippen LogP contribution in [0.15, 0.2) is 24.4 Å². The van der Waals surface area contributed by atoms with E-state index in [1.807, 2.05) is 18.2 Å². The molecule has 1 amide bonds. The second-order valence-corrected chi connectivity index (χ2v) is 5.66. The summed E-state index contributed by atoms with van der Waals surface area (Å²) < 4.78 is 0. The molecule has 0 aromatic carbocycles. The molecule has 2 unspecified atom stereocenters. The summed E-state index contributed by atoms with van der Waals surface area (Å²) >= 11 is 0. The molecule has 19 heavy (non-hydrogen) atoms. The molecule has 2 aliphatic rings. The first-order chi connectivity index (χ1) is 9.25. The van der Waals surface area contributed by atoms with Crippen LogP contribution in [0.5, 0.6) is 0 Å². The van der Waals surface area contributed by atoms with Gasteiger partial charge < -0.3 is 10.2 Å². The summed E-state index contributed by atoms with van der Waals surface area (Å²) in [6, 6.07) is 6.65. The van der Waals surface area contributed by atoms with E-state index in [1.165, 1.54) is 0 Å². The molecule has 102 valence electrons. The lowest BCUT2D eigenvalue weighted by Gasteiger charge is -2.27. The number of carbonyl (C=O) groups excluding carboxylic acids is 1. The van der Waals surface area contributed by atoms with Crippen LogP contribution in [0.2, 0.25) is 0 Å². The van der Waals surface area contributed by atoms with Crippen molar-refractivity contribution in [1.82, 2.24) is 15.2 Å². The van der Waals surface area contributed by atoms with Crippen LogP contribution in [0.25, 0.3) is 0 Å². The van der Waals surface area contributed by atoms with E-state index < -0.39 is 0 Å². The second-order valence-electron chi connectivity index (χ2n) is 5.66. The fourth-order valence-corrected chi connectivity index (χ4v) is 2.85. The smallest absolute Gasteiger partial charge is 0.227 e. The molecule has 2 fully saturated rings. The maximum absolute atomic E-state index is 12.7. The highest BCUT2D eigenvalue weighted by Crippen LogP contribution is 2.31. The van der Waals surface area contributed by atoms with Crippen LogP contribution in [0.1, 0.15) is 31.9 Å². The van der Waals surface area contributed by atoms with E-state index in [0.717, 1.165) is 31.5 Å². The van der Waals surface area contributed by atoms with Gasteiger partial charge in [-0.3, -0.25) is 9.78 Å². The number of carbonyl (C=O) groups is 1. The molecule has 1 aromatic rings. The van der Waals surface area contributed by atoms with Crippen LogP contribution in [0, 0.1) is 5.92 Å². The van der Waals surface area contributed by atoms with Gasteiger partial charge in [0.1, 0.15) is 0 Å². The number of nitrogens with one attached hydrogen (secondary N) is 1. The molecule has 0 bridgehead atoms. The number of hydrogen-bond acceptors (Lipinski definition) is 3. The largest absolute Gasteiger partial charge is 0.334 e. The van der Waals surface area contributed by atoms with E-state index in [4.69, 9.17) is 0 Å². The van der Waals surface area contributed by atoms with E-state index >= 15 is 0 Å². The van der Waals surface area contributed by atoms with E-state index in [2.05, 4.69) is 22.1 Å². The summed E-state index contributed by atoms with van der Waals surface area (Å²) in [6.45, 7) is 3.73. The number of amides is 1. The summed E-state index contributed by atoms with van der Waals surface area (Å²) in [6.07, 6.45) is 5.05. The fraction of sp³-hybridized carbons (Fsp3) is 0.600. The maximum Gasteiger partial charge on any atom is 0.227 e. The number of pyridine rings is 1. The maximum atomic E-state index is 12.7. The molecule has 3 rings (SSSR count). The van der Waals surface area contributed by atoms with Gasteiger partial charge in [0.25, 0.3) is 0 Å². The molecular weight excluding hydrogens is 238 g/mol. The topological polar surface area (TPSA) is 45.2 Å². The van der Waals surface area contributed by atoms with Gasteiger partial charge in [-0.15, -0.1) is 0 Å². The van der Waals surface area contributed by atoms with Crippen molar-refractivity contribution in [2.45, 2.75) is 44.8 Å². The van der Waals surface area contributed by atoms with Crippen molar-refractivity contribution in [3.63, 3.8) is 0 Å². The molecule has 1 saturated heterocycles. The van der Waals surface area contributed by atoms with Crippen molar-refractivity contribution < 1.29 is 4.79 Å². The normalized spacial score (nSPS) is 26.4. The van der Waals surface area contributed by atoms with Crippen LogP contribution in [-0.4, -0.2) is 34.4 Å². The minimum absolute atomic E-state index is 0.143. The second kappa shape index (κ2) is 5.29. The van der Waals surface area contributed by atoms with Crippen molar-refractivity contribution in [2.24, 2.45) is 5.92 Å². The lowest BCUT2D eigenvalue weighted by atomic mass is 10.00. The van der Waals surface area contributed by atoms with E-state index in [0.29, 0.717) is 24.5 Å². The molecule has 1 N–H and O–H groups in total. The Morgan fingerprint density at radius 2 is 2.26 bits per heavy atom. The average Bonchev–Trinajstić information content (AvgIpc) is 3.18. The average molecular weight is 259 g/mol. The van der Waals surface area contributed by atoms with Gasteiger partial charge in [-0.05, 0) is 44.9 Å². The molecule has 2 heterocycles. The Bertz CT molecular complexity index is 444. The first-order valence-electron chi connectivity index (χ1n) is 7.19. The highest BCUT2D eigenvalue weighted by Gasteiger charge is 2.39. The van der Waals surface area contributed by atoms with E-state index in [9.17, 15) is 4.79 Å². The summed E-state index contributed by atoms with van der Waals surface area (Å²) in [7, 11) is 0. The van der Waals surface area contributed by atoms with Crippen molar-refractivity contribution in [2.75, 3.05) is 6.54 Å². The van der Waals surface area contributed by atoms with Crippen molar-refractivity contribution in [1.29, 1.82) is 0 Å². The lowest BCUT2D eigenvalue weighted by molar-refractivity contribution is -0.137. The lowest BCUT2D eigenvalue weighted by Crippen LogP contribution is -2.41. The Morgan fingerprint density at radius 1 is 1.42 bits per heavy atom. The molecular formula is C15H21N3O. The first kappa shape index (κ1) is 12.6. The molecule has 4 nitrogen and oxygen atoms in total. The third-order valence-electron chi connectivity index (χ3n) is 4.17. The Balaban J connectivity index is 1.72. The minimum Gasteiger partial charge on any atom is -0.334 e. The Morgan fingerprint density at radius 3 is 2.84 bits per heavy atom. The highest BCUT2D eigenvalue weighted by atomic mass is 16.2. The van der Waals surface area contributed by atoms with Gasteiger partial charge in [-0.25, -0.2) is 0 Å². The molecule has 1 aliphatic heterocycles. The zero-order valence-electron chi connectivity index (χ0n) is 11.4. The summed E-state index contributed by atoms with van der Waals surface area (Å²) in [5, 5.41) is 3.37. The first-order valence-corrected chi connectivity index (χ1v) is 7.19. The van der Waals surface area contributed by atoms with Crippen LogP contribution in [-0.2, 0) is 11.3 Å². The van der Waals surface area contributed by atoms with Gasteiger partial charge in [0.2, 0.25) is 5.91 Å². The Hall–Kier alpha value is -1.42. The monoisotopic (exact) mass is 259 g/mol. The third-order valence-corrected chi connectivity index (χ3v) is 4.17. The Labute approximate surface area is 114 Å². The minimum atomic E-state index is 0.143. The van der Waals surface area contributed by atoms with Gasteiger partial charge in [0, 0.05) is 18.3 Å². The van der Waals surface area contributed by atoms with Crippen molar-refractivity contribution >= 4 is 5.91 Å². The van der Waals surface area contributed by atoms with Crippen LogP contribution in [0.3, 0.4) is 0 Å². The predicted octanol–water partition coefficient (Wildman–Crippen LogP) is 1.57. The molecule has 1 saturated carbocycles. The highest BCUT2D eigenvalue weighted by molar-refractivity contribution is 5.80. The Kier molecular flexibility index (Phi) is 3.51. The van der Waals surface area contributed by atoms with E-state index in [-0.39, 0.29) is 5.92 Å². The molecule has 1 aromatic heterocycles. The standard InChI is InChI=1S/C15H21N3O/c1-11-14(7-9-16-11)15(19)18(13-5-6-13)10-12-4-2-3-8-17-12/h2-4,8,11,13-14,16H,5-7,9-10H2,1H3. The zero-order chi connectivity index (χ0) is 13.2. The molecule has 4 heteroatoms. The van der Waals surface area contributed by atoms with Gasteiger partial charge >= 0.3 is 0 Å². The van der Waals surface area contributed by atoms with Crippen molar-refractivity contribution in [3.05, 3.63) is 30.1 Å². The quantitative estimate of drug-likeness (QED) is 0.892. The molecule has 2 atom stereocenters. The number of rotatable bonds is 4. The molecule has 0 radical (unpaired) electrons. The van der Waals surface area contributed by atoms with Crippen LogP contribution in [0.4, 0.5) is 0 Å². The van der Waals surface area contributed by atoms with Gasteiger partial charge in [0.05, 0.1) is 18.2 Å². The summed E-state index contributed by atoms with van der Waals surface area (Å²) in [4.78, 5) is 19.1. The summed E-state index contributed by atoms with van der Waals surface area (Å²) in [5.41, 5.74) is 0.987. The van der Waals surface area contributed by atoms with Crippen molar-refractivity contribution in [3.8, 4) is 0 Å². The fourth-order valence-electron chi connectivity index (χ4n) is 2.85. The SMILES string of the molecule is CC1NCCC1C(=O)N(Cc1ccccn1)C1CC1.